The molecule has 40 valence electrons. The summed E-state index contributed by atoms with van der Waals surface area (Å²) in [5.41, 5.74) is 2.98. The molecule has 0 unspecified atom stereocenters. The molecule has 1 N–H and O–H groups in total. The fourth-order valence-electron chi connectivity index (χ4n) is 0.392. The Labute approximate surface area is 43.6 Å². The molecule has 0 aliphatic heterocycles. The van der Waals surface area contributed by atoms with E-state index in [1.165, 1.54) is 12.8 Å². The molecule has 1 fully saturated rings. The summed E-state index contributed by atoms with van der Waals surface area (Å²) in [6, 6.07) is 0.705. The van der Waals surface area contributed by atoms with Gasteiger partial charge in [0, 0.05) is 12.3 Å². The lowest BCUT2D eigenvalue weighted by molar-refractivity contribution is 0.741. The van der Waals surface area contributed by atoms with Crippen molar-refractivity contribution in [2.45, 2.75) is 25.8 Å². The minimum atomic E-state index is 0.705. The van der Waals surface area contributed by atoms with Gasteiger partial charge in [-0.3, -0.25) is 0 Å². The first-order chi connectivity index (χ1) is 3.43. The molecule has 7 heavy (non-hydrogen) atoms. The van der Waals surface area contributed by atoms with E-state index in [0.717, 1.165) is 0 Å². The fourth-order valence-corrected chi connectivity index (χ4v) is 0.392. The Morgan fingerprint density at radius 1 is 1.71 bits per heavy atom. The van der Waals surface area contributed by atoms with Crippen molar-refractivity contribution in [2.75, 3.05) is 0 Å². The van der Waals surface area contributed by atoms with E-state index in [1.807, 2.05) is 6.92 Å². The molecule has 0 aromatic carbocycles. The summed E-state index contributed by atoms with van der Waals surface area (Å²) in [4.78, 5) is 0. The summed E-state index contributed by atoms with van der Waals surface area (Å²) in [6.07, 6.45) is 4.38. The Morgan fingerprint density at radius 3 is 2.86 bits per heavy atom. The molecule has 0 atom stereocenters. The molecule has 1 aliphatic rings. The number of nitrogens with one attached hydrogen (secondary N) is 1. The molecule has 1 saturated carbocycles. The van der Waals surface area contributed by atoms with Gasteiger partial charge in [0.25, 0.3) is 0 Å². The van der Waals surface area contributed by atoms with Gasteiger partial charge in [-0.05, 0) is 19.8 Å². The van der Waals surface area contributed by atoms with Crippen molar-refractivity contribution in [2.24, 2.45) is 5.10 Å². The van der Waals surface area contributed by atoms with Crippen molar-refractivity contribution >= 4 is 6.21 Å². The number of hydrazone groups is 1. The van der Waals surface area contributed by atoms with Gasteiger partial charge in [-0.1, -0.05) is 0 Å². The maximum atomic E-state index is 3.86. The Hall–Kier alpha value is -0.530. The second-order valence-electron chi connectivity index (χ2n) is 1.79. The fraction of sp³-hybridized carbons (Fsp3) is 0.800. The van der Waals surface area contributed by atoms with Crippen LogP contribution < -0.4 is 5.43 Å². The topological polar surface area (TPSA) is 24.4 Å². The lowest BCUT2D eigenvalue weighted by Gasteiger charge is -1.88. The van der Waals surface area contributed by atoms with Crippen molar-refractivity contribution < 1.29 is 0 Å². The van der Waals surface area contributed by atoms with Gasteiger partial charge in [0.2, 0.25) is 0 Å². The second kappa shape index (κ2) is 1.96. The first-order valence-electron chi connectivity index (χ1n) is 2.66. The molecule has 0 amide bonds. The van der Waals surface area contributed by atoms with E-state index in [4.69, 9.17) is 0 Å². The number of hydrogen-bond donors (Lipinski definition) is 1. The van der Waals surface area contributed by atoms with E-state index in [2.05, 4.69) is 10.5 Å². The van der Waals surface area contributed by atoms with Crippen LogP contribution in [0.25, 0.3) is 0 Å². The highest BCUT2D eigenvalue weighted by Gasteiger charge is 2.19. The van der Waals surface area contributed by atoms with Gasteiger partial charge in [0.1, 0.15) is 0 Å². The zero-order valence-corrected chi connectivity index (χ0v) is 4.52. The Bertz CT molecular complexity index is 74.1. The van der Waals surface area contributed by atoms with Gasteiger partial charge in [-0.2, -0.15) is 5.10 Å². The van der Waals surface area contributed by atoms with E-state index < -0.39 is 0 Å². The monoisotopic (exact) mass is 98.1 g/mol. The summed E-state index contributed by atoms with van der Waals surface area (Å²) < 4.78 is 0. The Morgan fingerprint density at radius 2 is 2.43 bits per heavy atom. The number of hydrogen-bond acceptors (Lipinski definition) is 2. The van der Waals surface area contributed by atoms with Crippen LogP contribution >= 0.6 is 0 Å². The molecule has 0 heterocycles. The SMILES string of the molecule is C/C=N/NC1CC1. The molecular weight excluding hydrogens is 88.1 g/mol. The molecule has 1 rings (SSSR count). The van der Waals surface area contributed by atoms with Crippen LogP contribution in [0.3, 0.4) is 0 Å². The molecule has 0 bridgehead atoms. The lowest BCUT2D eigenvalue weighted by Crippen LogP contribution is -2.06. The van der Waals surface area contributed by atoms with Crippen molar-refractivity contribution in [3.05, 3.63) is 0 Å². The summed E-state index contributed by atoms with van der Waals surface area (Å²) in [6.45, 7) is 1.91. The van der Waals surface area contributed by atoms with Crippen molar-refractivity contribution in [3.8, 4) is 0 Å². The van der Waals surface area contributed by atoms with Crippen molar-refractivity contribution in [1.82, 2.24) is 5.43 Å². The van der Waals surface area contributed by atoms with Crippen LogP contribution in [-0.2, 0) is 0 Å². The van der Waals surface area contributed by atoms with E-state index in [1.54, 1.807) is 6.21 Å². The third kappa shape index (κ3) is 1.57. The standard InChI is InChI=1S/C5H10N2/c1-2-6-7-5-3-4-5/h2,5,7H,3-4H2,1H3/b6-2+. The molecular formula is C5H10N2. The maximum Gasteiger partial charge on any atom is 0.0441 e. The molecule has 0 saturated heterocycles. The van der Waals surface area contributed by atoms with Crippen LogP contribution in [0.5, 0.6) is 0 Å². The first-order valence-corrected chi connectivity index (χ1v) is 2.66. The minimum Gasteiger partial charge on any atom is -0.307 e. The highest BCUT2D eigenvalue weighted by atomic mass is 15.3. The average molecular weight is 98.1 g/mol. The summed E-state index contributed by atoms with van der Waals surface area (Å²) >= 11 is 0. The molecule has 0 spiro atoms. The summed E-state index contributed by atoms with van der Waals surface area (Å²) in [5, 5.41) is 3.86. The maximum absolute atomic E-state index is 3.86. The quantitative estimate of drug-likeness (QED) is 0.400. The number of nitrogens with zero attached hydrogens (tertiary/aromatic N) is 1. The van der Waals surface area contributed by atoms with Crippen LogP contribution in [0.4, 0.5) is 0 Å². The highest BCUT2D eigenvalue weighted by Crippen LogP contribution is 2.17. The molecule has 0 aromatic rings. The molecule has 0 aromatic heterocycles. The summed E-state index contributed by atoms with van der Waals surface area (Å²) in [5.74, 6) is 0. The molecule has 2 heteroatoms. The molecule has 1 aliphatic carbocycles. The van der Waals surface area contributed by atoms with Crippen LogP contribution in [0.1, 0.15) is 19.8 Å². The molecule has 0 radical (unpaired) electrons. The van der Waals surface area contributed by atoms with Gasteiger partial charge < -0.3 is 5.43 Å². The zero-order chi connectivity index (χ0) is 5.11. The third-order valence-electron chi connectivity index (χ3n) is 0.964. The van der Waals surface area contributed by atoms with Gasteiger partial charge in [0.05, 0.1) is 0 Å². The van der Waals surface area contributed by atoms with E-state index in [9.17, 15) is 0 Å². The van der Waals surface area contributed by atoms with E-state index in [0.29, 0.717) is 6.04 Å². The van der Waals surface area contributed by atoms with Gasteiger partial charge in [-0.15, -0.1) is 0 Å². The van der Waals surface area contributed by atoms with Crippen LogP contribution in [0.2, 0.25) is 0 Å². The van der Waals surface area contributed by atoms with E-state index in [-0.39, 0.29) is 0 Å². The lowest BCUT2D eigenvalue weighted by atomic mass is 10.8. The average Bonchev–Trinajstić information content (AvgIpc) is 2.42. The number of rotatable bonds is 2. The van der Waals surface area contributed by atoms with Gasteiger partial charge >= 0.3 is 0 Å². The Balaban J connectivity index is 1.98. The van der Waals surface area contributed by atoms with Crippen molar-refractivity contribution in [1.29, 1.82) is 0 Å². The second-order valence-corrected chi connectivity index (χ2v) is 1.79. The van der Waals surface area contributed by atoms with Crippen molar-refractivity contribution in [3.63, 3.8) is 0 Å². The van der Waals surface area contributed by atoms with Gasteiger partial charge in [-0.25, -0.2) is 0 Å². The highest BCUT2D eigenvalue weighted by molar-refractivity contribution is 5.52. The van der Waals surface area contributed by atoms with Crippen LogP contribution in [0.15, 0.2) is 5.10 Å². The predicted molar refractivity (Wildman–Crippen MR) is 30.3 cm³/mol. The third-order valence-corrected chi connectivity index (χ3v) is 0.964. The molecule has 2 nitrogen and oxygen atoms in total. The zero-order valence-electron chi connectivity index (χ0n) is 4.52. The largest absolute Gasteiger partial charge is 0.307 e. The van der Waals surface area contributed by atoms with E-state index >= 15 is 0 Å². The summed E-state index contributed by atoms with van der Waals surface area (Å²) in [7, 11) is 0. The predicted octanol–water partition coefficient (Wildman–Crippen LogP) is 0.744. The normalized spacial score (nSPS) is 20.7. The smallest absolute Gasteiger partial charge is 0.0441 e. The minimum absolute atomic E-state index is 0.705. The Kier molecular flexibility index (Phi) is 1.29. The first kappa shape index (κ1) is 4.62. The van der Waals surface area contributed by atoms with Gasteiger partial charge in [0.15, 0.2) is 0 Å². The van der Waals surface area contributed by atoms with Crippen LogP contribution in [0, 0.1) is 0 Å². The van der Waals surface area contributed by atoms with Crippen LogP contribution in [-0.4, -0.2) is 12.3 Å².